The third kappa shape index (κ3) is 4.14. The normalized spacial score (nSPS) is 11.9. The second kappa shape index (κ2) is 5.42. The molecule has 0 spiro atoms. The molecule has 7 nitrogen and oxygen atoms in total. The molecule has 1 aromatic heterocycles. The lowest BCUT2D eigenvalue weighted by atomic mass is 10.9. The SMILES string of the molecule is Cn1nnnc1SCCS(=O)(=O)CCO. The largest absolute Gasteiger partial charge is 0.395 e. The van der Waals surface area contributed by atoms with Crippen molar-refractivity contribution in [2.24, 2.45) is 7.05 Å². The molecule has 0 amide bonds. The number of aliphatic hydroxyl groups is 1. The smallest absolute Gasteiger partial charge is 0.209 e. The van der Waals surface area contributed by atoms with E-state index in [0.717, 1.165) is 0 Å². The molecule has 1 N–H and O–H groups in total. The van der Waals surface area contributed by atoms with Gasteiger partial charge in [0.2, 0.25) is 5.16 Å². The number of tetrazole rings is 1. The number of sulfone groups is 1. The van der Waals surface area contributed by atoms with E-state index in [2.05, 4.69) is 15.5 Å². The van der Waals surface area contributed by atoms with Crippen LogP contribution in [0.4, 0.5) is 0 Å². The minimum atomic E-state index is -3.15. The number of aliphatic hydroxyl groups excluding tert-OH is 1. The summed E-state index contributed by atoms with van der Waals surface area (Å²) in [7, 11) is -1.46. The van der Waals surface area contributed by atoms with Crippen molar-refractivity contribution in [3.8, 4) is 0 Å². The molecule has 0 atom stereocenters. The van der Waals surface area contributed by atoms with Crippen LogP contribution in [0.1, 0.15) is 0 Å². The fraction of sp³-hybridized carbons (Fsp3) is 0.833. The van der Waals surface area contributed by atoms with Gasteiger partial charge < -0.3 is 5.11 Å². The summed E-state index contributed by atoms with van der Waals surface area (Å²) in [6, 6.07) is 0. The molecule has 0 saturated carbocycles. The van der Waals surface area contributed by atoms with Crippen LogP contribution in [0.3, 0.4) is 0 Å². The van der Waals surface area contributed by atoms with Gasteiger partial charge in [-0.15, -0.1) is 5.10 Å². The minimum Gasteiger partial charge on any atom is -0.395 e. The number of thioether (sulfide) groups is 1. The molecule has 0 aliphatic rings. The van der Waals surface area contributed by atoms with Crippen molar-refractivity contribution in [1.29, 1.82) is 0 Å². The Balaban J connectivity index is 2.37. The van der Waals surface area contributed by atoms with E-state index >= 15 is 0 Å². The van der Waals surface area contributed by atoms with Crippen LogP contribution in [0.25, 0.3) is 0 Å². The Kier molecular flexibility index (Phi) is 4.48. The van der Waals surface area contributed by atoms with Crippen molar-refractivity contribution in [2.75, 3.05) is 23.9 Å². The molecule has 0 aliphatic carbocycles. The molecule has 1 heterocycles. The molecule has 1 rings (SSSR count). The third-order valence-corrected chi connectivity index (χ3v) is 4.51. The van der Waals surface area contributed by atoms with Crippen LogP contribution < -0.4 is 0 Å². The number of hydrogen-bond donors (Lipinski definition) is 1. The number of hydrogen-bond acceptors (Lipinski definition) is 7. The number of rotatable bonds is 6. The lowest BCUT2D eigenvalue weighted by molar-refractivity contribution is 0.319. The second-order valence-corrected chi connectivity index (χ2v) is 6.17. The molecular weight excluding hydrogens is 240 g/mol. The van der Waals surface area contributed by atoms with E-state index < -0.39 is 9.84 Å². The zero-order valence-corrected chi connectivity index (χ0v) is 9.83. The maximum atomic E-state index is 11.2. The second-order valence-electron chi connectivity index (χ2n) is 2.81. The van der Waals surface area contributed by atoms with E-state index in [1.807, 2.05) is 0 Å². The summed E-state index contributed by atoms with van der Waals surface area (Å²) < 4.78 is 23.9. The fourth-order valence-electron chi connectivity index (χ4n) is 0.845. The van der Waals surface area contributed by atoms with Crippen molar-refractivity contribution in [3.05, 3.63) is 0 Å². The molecular formula is C6H12N4O3S2. The van der Waals surface area contributed by atoms with Crippen LogP contribution in [0.15, 0.2) is 5.16 Å². The maximum absolute atomic E-state index is 11.2. The summed E-state index contributed by atoms with van der Waals surface area (Å²) >= 11 is 1.27. The minimum absolute atomic E-state index is 0.0189. The van der Waals surface area contributed by atoms with Gasteiger partial charge >= 0.3 is 0 Å². The molecule has 0 bridgehead atoms. The van der Waals surface area contributed by atoms with Crippen molar-refractivity contribution in [3.63, 3.8) is 0 Å². The summed E-state index contributed by atoms with van der Waals surface area (Å²) in [5, 5.41) is 19.8. The van der Waals surface area contributed by atoms with E-state index in [1.54, 1.807) is 7.05 Å². The first-order valence-corrected chi connectivity index (χ1v) is 7.02. The topological polar surface area (TPSA) is 98.0 Å². The molecule has 1 aromatic rings. The zero-order valence-electron chi connectivity index (χ0n) is 8.20. The van der Waals surface area contributed by atoms with Gasteiger partial charge in [0.05, 0.1) is 18.1 Å². The van der Waals surface area contributed by atoms with Gasteiger partial charge in [-0.05, 0) is 10.4 Å². The predicted molar refractivity (Wildman–Crippen MR) is 55.3 cm³/mol. The number of aromatic nitrogens is 4. The molecule has 15 heavy (non-hydrogen) atoms. The molecule has 0 aromatic carbocycles. The van der Waals surface area contributed by atoms with Crippen molar-refractivity contribution in [1.82, 2.24) is 20.2 Å². The Bertz CT molecular complexity index is 402. The van der Waals surface area contributed by atoms with Crippen molar-refractivity contribution < 1.29 is 13.5 Å². The van der Waals surface area contributed by atoms with Gasteiger partial charge in [0.25, 0.3) is 0 Å². The lowest BCUT2D eigenvalue weighted by Crippen LogP contribution is -2.15. The summed E-state index contributed by atoms with van der Waals surface area (Å²) in [6.45, 7) is -0.335. The monoisotopic (exact) mass is 252 g/mol. The number of aryl methyl sites for hydroxylation is 1. The molecule has 0 radical (unpaired) electrons. The third-order valence-electron chi connectivity index (χ3n) is 1.61. The van der Waals surface area contributed by atoms with Crippen molar-refractivity contribution >= 4 is 21.6 Å². The predicted octanol–water partition coefficient (Wildman–Crippen LogP) is -1.29. The van der Waals surface area contributed by atoms with Crippen molar-refractivity contribution in [2.45, 2.75) is 5.16 Å². The summed E-state index contributed by atoms with van der Waals surface area (Å²) in [4.78, 5) is 0. The molecule has 0 unspecified atom stereocenters. The van der Waals surface area contributed by atoms with Gasteiger partial charge in [-0.25, -0.2) is 13.1 Å². The highest BCUT2D eigenvalue weighted by atomic mass is 32.2. The average Bonchev–Trinajstić information content (AvgIpc) is 2.51. The molecule has 9 heteroatoms. The van der Waals surface area contributed by atoms with E-state index in [0.29, 0.717) is 10.9 Å². The highest BCUT2D eigenvalue weighted by molar-refractivity contribution is 8.00. The standard InChI is InChI=1S/C6H12N4O3S2/c1-10-6(7-8-9-10)14-3-5-15(12,13)4-2-11/h11H,2-5H2,1H3. The van der Waals surface area contributed by atoms with Crippen LogP contribution in [-0.4, -0.2) is 57.6 Å². The maximum Gasteiger partial charge on any atom is 0.209 e. The van der Waals surface area contributed by atoms with Crippen LogP contribution >= 0.6 is 11.8 Å². The van der Waals surface area contributed by atoms with Crippen LogP contribution in [-0.2, 0) is 16.9 Å². The Morgan fingerprint density at radius 1 is 1.47 bits per heavy atom. The van der Waals surface area contributed by atoms with E-state index in [4.69, 9.17) is 5.11 Å². The average molecular weight is 252 g/mol. The number of nitrogens with zero attached hydrogens (tertiary/aromatic N) is 4. The van der Waals surface area contributed by atoms with Gasteiger partial charge in [-0.2, -0.15) is 0 Å². The first kappa shape index (κ1) is 12.4. The quantitative estimate of drug-likeness (QED) is 0.629. The van der Waals surface area contributed by atoms with E-state index in [-0.39, 0.29) is 18.1 Å². The van der Waals surface area contributed by atoms with Gasteiger partial charge in [-0.3, -0.25) is 0 Å². The van der Waals surface area contributed by atoms with Gasteiger partial charge in [0, 0.05) is 12.8 Å². The van der Waals surface area contributed by atoms with E-state index in [9.17, 15) is 8.42 Å². The first-order valence-electron chi connectivity index (χ1n) is 4.21. The van der Waals surface area contributed by atoms with E-state index in [1.165, 1.54) is 16.4 Å². The Labute approximate surface area is 91.8 Å². The summed E-state index contributed by atoms with van der Waals surface area (Å²) in [5.74, 6) is 0.215. The van der Waals surface area contributed by atoms with Gasteiger partial charge in [-0.1, -0.05) is 11.8 Å². The van der Waals surface area contributed by atoms with Gasteiger partial charge in [0.15, 0.2) is 9.84 Å². The molecule has 0 aliphatic heterocycles. The first-order chi connectivity index (χ1) is 7.05. The fourth-order valence-corrected chi connectivity index (χ4v) is 3.18. The van der Waals surface area contributed by atoms with Gasteiger partial charge in [0.1, 0.15) is 0 Å². The highest BCUT2D eigenvalue weighted by Crippen LogP contribution is 2.12. The highest BCUT2D eigenvalue weighted by Gasteiger charge is 2.11. The Morgan fingerprint density at radius 2 is 2.20 bits per heavy atom. The molecule has 0 saturated heterocycles. The summed E-state index contributed by atoms with van der Waals surface area (Å²) in [5.41, 5.74) is 0. The lowest BCUT2D eigenvalue weighted by Gasteiger charge is -2.01. The Morgan fingerprint density at radius 3 is 2.73 bits per heavy atom. The van der Waals surface area contributed by atoms with Crippen LogP contribution in [0.2, 0.25) is 0 Å². The summed E-state index contributed by atoms with van der Waals surface area (Å²) in [6.07, 6.45) is 0. The molecule has 86 valence electrons. The molecule has 0 fully saturated rings. The van der Waals surface area contributed by atoms with Crippen LogP contribution in [0.5, 0.6) is 0 Å². The zero-order chi connectivity index (χ0) is 11.3. The van der Waals surface area contributed by atoms with Crippen LogP contribution in [0, 0.1) is 0 Å². The Hall–Kier alpha value is -0.670.